The Morgan fingerprint density at radius 2 is 1.91 bits per heavy atom. The molecule has 32 heavy (non-hydrogen) atoms. The van der Waals surface area contributed by atoms with E-state index in [4.69, 9.17) is 5.73 Å². The standard InChI is InChI=1S/C21H30F3N5O2S/c1-13(4-3-11-25)12-14-5-7-15(8-6-14)16-9-10-17(21(22,23)24)19(32(2,30)31)18(16)20-26-28-29-27-20/h9-10,13-15H,3-8,11-12,25H2,1-2H3,(H,26,27,28,29). The number of nitrogens with zero attached hydrogens (tertiary/aromatic N) is 3. The van der Waals surface area contributed by atoms with Crippen molar-refractivity contribution in [2.45, 2.75) is 68.9 Å². The van der Waals surface area contributed by atoms with Crippen molar-refractivity contribution >= 4 is 9.84 Å². The maximum absolute atomic E-state index is 13.7. The number of hydrogen-bond acceptors (Lipinski definition) is 6. The summed E-state index contributed by atoms with van der Waals surface area (Å²) in [5.74, 6) is 0.931. The molecule has 0 aliphatic heterocycles. The smallest absolute Gasteiger partial charge is 0.330 e. The van der Waals surface area contributed by atoms with Crippen LogP contribution >= 0.6 is 0 Å². The van der Waals surface area contributed by atoms with Crippen LogP contribution < -0.4 is 5.73 Å². The first-order valence-corrected chi connectivity index (χ1v) is 12.8. The number of benzene rings is 1. The van der Waals surface area contributed by atoms with Gasteiger partial charge >= 0.3 is 6.18 Å². The zero-order valence-corrected chi connectivity index (χ0v) is 19.1. The van der Waals surface area contributed by atoms with Crippen LogP contribution in [0.4, 0.5) is 13.2 Å². The molecule has 3 N–H and O–H groups in total. The number of alkyl halides is 3. The van der Waals surface area contributed by atoms with E-state index in [-0.39, 0.29) is 17.3 Å². The summed E-state index contributed by atoms with van der Waals surface area (Å²) in [5.41, 5.74) is 4.84. The SMILES string of the molecule is CC(CCCN)CC1CCC(c2ccc(C(F)(F)F)c(S(C)(=O)=O)c2-c2nn[nH]n2)CC1. The molecule has 2 aromatic rings. The number of aromatic nitrogens is 4. The molecule has 1 aliphatic carbocycles. The number of hydrogen-bond donors (Lipinski definition) is 2. The summed E-state index contributed by atoms with van der Waals surface area (Å²) >= 11 is 0. The lowest BCUT2D eigenvalue weighted by Gasteiger charge is -2.32. The predicted octanol–water partition coefficient (Wildman–Crippen LogP) is 4.33. The second-order valence-electron chi connectivity index (χ2n) is 8.90. The summed E-state index contributed by atoms with van der Waals surface area (Å²) in [4.78, 5) is -0.776. The number of rotatable bonds is 8. The Hall–Kier alpha value is -2.01. The van der Waals surface area contributed by atoms with Crippen LogP contribution in [0.5, 0.6) is 0 Å². The highest BCUT2D eigenvalue weighted by molar-refractivity contribution is 7.91. The average Bonchev–Trinajstić information content (AvgIpc) is 3.25. The molecular formula is C21H30F3N5O2S. The summed E-state index contributed by atoms with van der Waals surface area (Å²) in [7, 11) is -4.22. The molecule has 1 aromatic heterocycles. The van der Waals surface area contributed by atoms with E-state index in [1.807, 2.05) is 0 Å². The Bertz CT molecular complexity index is 1000. The quantitative estimate of drug-likeness (QED) is 0.590. The molecule has 0 radical (unpaired) electrons. The van der Waals surface area contributed by atoms with Crippen molar-refractivity contribution in [1.29, 1.82) is 0 Å². The third-order valence-corrected chi connectivity index (χ3v) is 7.52. The molecular weight excluding hydrogens is 443 g/mol. The second-order valence-corrected chi connectivity index (χ2v) is 10.9. The fourth-order valence-corrected chi connectivity index (χ4v) is 6.07. The van der Waals surface area contributed by atoms with Crippen LogP contribution in [0.2, 0.25) is 0 Å². The molecule has 0 spiro atoms. The van der Waals surface area contributed by atoms with E-state index >= 15 is 0 Å². The van der Waals surface area contributed by atoms with Crippen molar-refractivity contribution in [3.8, 4) is 11.4 Å². The van der Waals surface area contributed by atoms with E-state index in [0.717, 1.165) is 57.3 Å². The molecule has 1 heterocycles. The van der Waals surface area contributed by atoms with Crippen LogP contribution in [-0.4, -0.2) is 41.8 Å². The van der Waals surface area contributed by atoms with Crippen LogP contribution in [-0.2, 0) is 16.0 Å². The molecule has 1 unspecified atom stereocenters. The van der Waals surface area contributed by atoms with E-state index in [1.165, 1.54) is 6.07 Å². The Kier molecular flexibility index (Phi) is 7.59. The van der Waals surface area contributed by atoms with Crippen LogP contribution in [0.3, 0.4) is 0 Å². The van der Waals surface area contributed by atoms with Gasteiger partial charge in [-0.3, -0.25) is 0 Å². The molecule has 7 nitrogen and oxygen atoms in total. The molecule has 11 heteroatoms. The minimum Gasteiger partial charge on any atom is -0.330 e. The lowest BCUT2D eigenvalue weighted by molar-refractivity contribution is -0.139. The third-order valence-electron chi connectivity index (χ3n) is 6.36. The van der Waals surface area contributed by atoms with Gasteiger partial charge in [-0.05, 0) is 86.1 Å². The summed E-state index contributed by atoms with van der Waals surface area (Å²) in [6, 6.07) is 2.26. The summed E-state index contributed by atoms with van der Waals surface area (Å²) in [6.07, 6.45) is 2.58. The highest BCUT2D eigenvalue weighted by atomic mass is 32.2. The van der Waals surface area contributed by atoms with Crippen LogP contribution in [0, 0.1) is 11.8 Å². The monoisotopic (exact) mass is 473 g/mol. The highest BCUT2D eigenvalue weighted by Gasteiger charge is 2.40. The van der Waals surface area contributed by atoms with Gasteiger partial charge in [0.05, 0.1) is 10.5 Å². The maximum Gasteiger partial charge on any atom is 0.417 e. The average molecular weight is 474 g/mol. The van der Waals surface area contributed by atoms with Crippen molar-refractivity contribution < 1.29 is 21.6 Å². The van der Waals surface area contributed by atoms with Gasteiger partial charge in [0.1, 0.15) is 0 Å². The second kappa shape index (κ2) is 9.86. The van der Waals surface area contributed by atoms with E-state index in [9.17, 15) is 21.6 Å². The fraction of sp³-hybridized carbons (Fsp3) is 0.667. The minimum atomic E-state index is -4.83. The van der Waals surface area contributed by atoms with Crippen LogP contribution in [0.25, 0.3) is 11.4 Å². The molecule has 1 aromatic carbocycles. The first kappa shape index (κ1) is 24.6. The Morgan fingerprint density at radius 3 is 2.44 bits per heavy atom. The molecule has 0 saturated heterocycles. The molecule has 1 saturated carbocycles. The van der Waals surface area contributed by atoms with E-state index in [1.54, 1.807) is 0 Å². The van der Waals surface area contributed by atoms with Crippen molar-refractivity contribution in [3.05, 3.63) is 23.3 Å². The normalized spacial score (nSPS) is 20.9. The van der Waals surface area contributed by atoms with Gasteiger partial charge in [-0.25, -0.2) is 8.42 Å². The van der Waals surface area contributed by atoms with Crippen molar-refractivity contribution in [1.82, 2.24) is 20.6 Å². The third kappa shape index (κ3) is 5.67. The van der Waals surface area contributed by atoms with Crippen LogP contribution in [0.1, 0.15) is 68.9 Å². The van der Waals surface area contributed by atoms with Gasteiger partial charge in [0.15, 0.2) is 9.84 Å². The lowest BCUT2D eigenvalue weighted by Crippen LogP contribution is -2.19. The number of tetrazole rings is 1. The van der Waals surface area contributed by atoms with Crippen LogP contribution in [0.15, 0.2) is 17.0 Å². The van der Waals surface area contributed by atoms with Gasteiger partial charge in [0.2, 0.25) is 5.82 Å². The number of aromatic amines is 1. The number of H-pyrrole nitrogens is 1. The maximum atomic E-state index is 13.7. The summed E-state index contributed by atoms with van der Waals surface area (Å²) in [5, 5.41) is 13.3. The number of nitrogens with two attached hydrogens (primary N) is 1. The fourth-order valence-electron chi connectivity index (χ4n) is 4.91. The van der Waals surface area contributed by atoms with Crippen molar-refractivity contribution in [3.63, 3.8) is 0 Å². The van der Waals surface area contributed by atoms with Gasteiger partial charge in [-0.1, -0.05) is 13.0 Å². The summed E-state index contributed by atoms with van der Waals surface area (Å²) in [6.45, 7) is 2.91. The highest BCUT2D eigenvalue weighted by Crippen LogP contribution is 2.46. The Balaban J connectivity index is 1.95. The Morgan fingerprint density at radius 1 is 1.22 bits per heavy atom. The predicted molar refractivity (Wildman–Crippen MR) is 114 cm³/mol. The molecule has 1 atom stereocenters. The first-order chi connectivity index (χ1) is 15.0. The van der Waals surface area contributed by atoms with Crippen molar-refractivity contribution in [2.75, 3.05) is 12.8 Å². The number of nitrogens with one attached hydrogen (secondary N) is 1. The van der Waals surface area contributed by atoms with E-state index in [0.29, 0.717) is 23.9 Å². The number of halogens is 3. The van der Waals surface area contributed by atoms with E-state index < -0.39 is 26.5 Å². The lowest BCUT2D eigenvalue weighted by atomic mass is 9.74. The van der Waals surface area contributed by atoms with Gasteiger partial charge in [-0.2, -0.15) is 18.4 Å². The molecule has 0 amide bonds. The number of sulfone groups is 1. The van der Waals surface area contributed by atoms with Gasteiger partial charge in [0.25, 0.3) is 0 Å². The molecule has 178 valence electrons. The van der Waals surface area contributed by atoms with E-state index in [2.05, 4.69) is 27.5 Å². The molecule has 1 fully saturated rings. The largest absolute Gasteiger partial charge is 0.417 e. The molecule has 1 aliphatic rings. The topological polar surface area (TPSA) is 115 Å². The molecule has 0 bridgehead atoms. The van der Waals surface area contributed by atoms with Crippen molar-refractivity contribution in [2.24, 2.45) is 17.6 Å². The van der Waals surface area contributed by atoms with Gasteiger partial charge < -0.3 is 5.73 Å². The van der Waals surface area contributed by atoms with Gasteiger partial charge in [-0.15, -0.1) is 10.2 Å². The zero-order valence-electron chi connectivity index (χ0n) is 18.3. The zero-order chi connectivity index (χ0) is 23.5. The molecule has 3 rings (SSSR count). The Labute approximate surface area is 186 Å². The summed E-state index contributed by atoms with van der Waals surface area (Å²) < 4.78 is 66.1. The first-order valence-electron chi connectivity index (χ1n) is 10.9. The minimum absolute atomic E-state index is 0.0677. The van der Waals surface area contributed by atoms with Gasteiger partial charge in [0, 0.05) is 11.8 Å².